The van der Waals surface area contributed by atoms with Crippen LogP contribution in [-0.4, -0.2) is 65.6 Å². The Morgan fingerprint density at radius 2 is 1.88 bits per heavy atom. The predicted octanol–water partition coefficient (Wildman–Crippen LogP) is 1.21. The minimum atomic E-state index is -0.423. The maximum absolute atomic E-state index is 12.5. The molecule has 0 aliphatic rings. The molecular weight excluding hydrogens is 665 g/mol. The van der Waals surface area contributed by atoms with Gasteiger partial charge in [-0.05, 0) is 12.6 Å². The van der Waals surface area contributed by atoms with Crippen LogP contribution >= 0.6 is 0 Å². The number of imidazole rings is 1. The van der Waals surface area contributed by atoms with Gasteiger partial charge in [-0.3, -0.25) is 14.2 Å². The molecule has 1 radical (unpaired) electrons. The van der Waals surface area contributed by atoms with Crippen LogP contribution in [0.25, 0.3) is 11.2 Å². The Labute approximate surface area is 220 Å². The number of fused-ring (bicyclic) bond motifs is 1. The van der Waals surface area contributed by atoms with Gasteiger partial charge in [0, 0.05) is 42.6 Å². The Balaban J connectivity index is 0.00000107. The molecule has 12 heteroatoms. The van der Waals surface area contributed by atoms with E-state index in [0.29, 0.717) is 12.2 Å². The first-order chi connectivity index (χ1) is 16.0. The van der Waals surface area contributed by atoms with Crippen LogP contribution in [0.5, 0.6) is 6.01 Å². The van der Waals surface area contributed by atoms with Gasteiger partial charge in [0.2, 0.25) is 0 Å². The fraction of sp³-hybridized carbons (Fsp3) is 0.318. The number of nitrogens with zero attached hydrogens (tertiary/aromatic N) is 3. The van der Waals surface area contributed by atoms with Crippen molar-refractivity contribution in [1.82, 2.24) is 24.8 Å². The molecule has 1 amide bonds. The number of benzene rings is 1. The monoisotopic (exact) mass is 692 g/mol. The minimum Gasteiger partial charge on any atom is -0.461 e. The van der Waals surface area contributed by atoms with Crippen LogP contribution < -0.4 is 21.1 Å². The van der Waals surface area contributed by atoms with E-state index in [9.17, 15) is 14.4 Å². The van der Waals surface area contributed by atoms with Gasteiger partial charge in [0.25, 0.3) is 0 Å². The van der Waals surface area contributed by atoms with Crippen LogP contribution in [0.4, 0.5) is 5.82 Å². The number of aldehydes is 1. The van der Waals surface area contributed by atoms with Gasteiger partial charge in [0.05, 0.1) is 13.2 Å². The van der Waals surface area contributed by atoms with Crippen LogP contribution in [0.2, 0.25) is 0 Å². The van der Waals surface area contributed by atoms with Crippen molar-refractivity contribution in [3.8, 4) is 6.01 Å². The number of carbonyl (C=O) groups excluding carboxylic acids is 2. The summed E-state index contributed by atoms with van der Waals surface area (Å²) in [6.07, 6.45) is 0.745. The van der Waals surface area contributed by atoms with Gasteiger partial charge in [-0.15, -0.1) is 13.0 Å². The molecular formula is C22H28N6NpO5-2. The molecule has 3 aromatic rings. The van der Waals surface area contributed by atoms with E-state index in [0.717, 1.165) is 18.4 Å². The Morgan fingerprint density at radius 3 is 2.44 bits per heavy atom. The van der Waals surface area contributed by atoms with E-state index in [1.54, 1.807) is 24.3 Å². The number of H-pyrrole nitrogens is 1. The van der Waals surface area contributed by atoms with E-state index in [-0.39, 0.29) is 78.4 Å². The average Bonchev–Trinajstić information content (AvgIpc) is 3.15. The molecule has 2 aromatic heterocycles. The molecule has 3 rings (SSSR count). The number of anilines is 1. The van der Waals surface area contributed by atoms with Crippen LogP contribution in [-0.2, 0) is 16.1 Å². The van der Waals surface area contributed by atoms with E-state index in [1.165, 1.54) is 11.7 Å². The molecule has 0 saturated heterocycles. The Bertz CT molecular complexity index is 1110. The van der Waals surface area contributed by atoms with E-state index in [2.05, 4.69) is 39.4 Å². The molecule has 3 N–H and O–H groups in total. The van der Waals surface area contributed by atoms with Crippen molar-refractivity contribution in [2.75, 3.05) is 39.2 Å². The number of amides is 1. The largest absolute Gasteiger partial charge is 0.461 e. The van der Waals surface area contributed by atoms with E-state index < -0.39 is 5.69 Å². The smallest absolute Gasteiger partial charge is 0.328 e. The zero-order valence-electron chi connectivity index (χ0n) is 19.2. The van der Waals surface area contributed by atoms with Gasteiger partial charge < -0.3 is 38.9 Å². The minimum absolute atomic E-state index is 0. The van der Waals surface area contributed by atoms with Crippen LogP contribution in [0.3, 0.4) is 0 Å². The normalized spacial score (nSPS) is 10.1. The van der Waals surface area contributed by atoms with Gasteiger partial charge >= 0.3 is 11.7 Å². The first-order valence-corrected chi connectivity index (χ1v) is 10.2. The summed E-state index contributed by atoms with van der Waals surface area (Å²) in [6, 6.07) is 6.82. The number of ether oxygens (including phenoxy) is 2. The molecule has 0 spiro atoms. The number of nitrogens with one attached hydrogen (secondary N) is 3. The van der Waals surface area contributed by atoms with E-state index >= 15 is 0 Å². The molecule has 11 nitrogen and oxygen atoms in total. The van der Waals surface area contributed by atoms with Crippen molar-refractivity contribution in [3.63, 3.8) is 0 Å². The van der Waals surface area contributed by atoms with Gasteiger partial charge in [0.15, 0.2) is 17.4 Å². The summed E-state index contributed by atoms with van der Waals surface area (Å²) < 4.78 is 11.8. The molecule has 0 saturated carbocycles. The summed E-state index contributed by atoms with van der Waals surface area (Å²) in [5.74, 6) is -0.242. The van der Waals surface area contributed by atoms with Crippen molar-refractivity contribution < 1.29 is 49.0 Å². The molecule has 0 unspecified atom stereocenters. The average molecular weight is 694 g/mol. The fourth-order valence-corrected chi connectivity index (χ4v) is 2.61. The Kier molecular flexibility index (Phi) is 13.3. The molecule has 34 heavy (non-hydrogen) atoms. The van der Waals surface area contributed by atoms with Gasteiger partial charge in [-0.25, -0.2) is 4.79 Å². The second-order valence-corrected chi connectivity index (χ2v) is 6.67. The first kappa shape index (κ1) is 29.5. The SMILES string of the molecule is [CH2-]CC(=O)Nc1nc(OCCOC)nc2c1[nH]c(=O)n2Cc1ccc(C=O)cc1.[CH2-]CNC.[Np]. The topological polar surface area (TPSA) is 140 Å². The standard InChI is InChI=1S/C19H20N5O5.C3H8N.Np/c1-3-14(26)20-16-15-17(23-18(22-16)29-9-8-28-2)24(19(27)21-15)10-12-4-6-13(11-25)7-5-12;1-3-4-2;/h4-7,11H,1,3,8-10H2,2H3,(H,21,27)(H,20,22,23,26);4H,1,3H2,2H3;/q2*-1;. The molecule has 0 fully saturated rings. The van der Waals surface area contributed by atoms with Crippen LogP contribution in [0.15, 0.2) is 29.1 Å². The zero-order valence-corrected chi connectivity index (χ0v) is 22.9. The third-order valence-electron chi connectivity index (χ3n) is 4.31. The fourth-order valence-electron chi connectivity index (χ4n) is 2.61. The Morgan fingerprint density at radius 1 is 1.21 bits per heavy atom. The number of aromatic amines is 1. The number of carbonyl (C=O) groups is 2. The molecule has 0 atom stereocenters. The third kappa shape index (κ3) is 8.34. The van der Waals surface area contributed by atoms with E-state index in [1.807, 2.05) is 7.05 Å². The number of hydrogen-bond donors (Lipinski definition) is 3. The summed E-state index contributed by atoms with van der Waals surface area (Å²) >= 11 is 0. The maximum atomic E-state index is 12.5. The first-order valence-electron chi connectivity index (χ1n) is 10.2. The molecule has 183 valence electrons. The van der Waals surface area contributed by atoms with Crippen molar-refractivity contribution >= 4 is 29.2 Å². The van der Waals surface area contributed by atoms with Gasteiger partial charge in [0.1, 0.15) is 18.4 Å². The third-order valence-corrected chi connectivity index (χ3v) is 4.31. The number of methoxy groups -OCH3 is 1. The van der Waals surface area contributed by atoms with E-state index in [4.69, 9.17) is 9.47 Å². The quantitative estimate of drug-likeness (QED) is 0.164. The summed E-state index contributed by atoms with van der Waals surface area (Å²) in [7, 11) is 3.40. The number of hydrogen-bond acceptors (Lipinski definition) is 8. The van der Waals surface area contributed by atoms with Gasteiger partial charge in [-0.1, -0.05) is 24.3 Å². The summed E-state index contributed by atoms with van der Waals surface area (Å²) in [5, 5.41) is 5.42. The molecule has 2 heterocycles. The summed E-state index contributed by atoms with van der Waals surface area (Å²) in [5.41, 5.74) is 1.46. The molecule has 0 bridgehead atoms. The molecule has 0 aliphatic heterocycles. The Hall–Kier alpha value is -2.56. The summed E-state index contributed by atoms with van der Waals surface area (Å²) in [4.78, 5) is 46.3. The number of rotatable bonds is 10. The maximum Gasteiger partial charge on any atom is 0.328 e. The predicted molar refractivity (Wildman–Crippen MR) is 124 cm³/mol. The van der Waals surface area contributed by atoms with Crippen molar-refractivity contribution in [3.05, 3.63) is 59.7 Å². The number of aromatic nitrogens is 4. The molecule has 1 aromatic carbocycles. The molecule has 0 aliphatic carbocycles. The van der Waals surface area contributed by atoms with Crippen LogP contribution in [0, 0.1) is 43.8 Å². The van der Waals surface area contributed by atoms with Crippen molar-refractivity contribution in [2.24, 2.45) is 0 Å². The second kappa shape index (κ2) is 15.4. The summed E-state index contributed by atoms with van der Waals surface area (Å²) in [6.45, 7) is 8.57. The second-order valence-electron chi connectivity index (χ2n) is 6.67. The zero-order chi connectivity index (χ0) is 24.2. The van der Waals surface area contributed by atoms with Crippen molar-refractivity contribution in [1.29, 1.82) is 0 Å². The van der Waals surface area contributed by atoms with Crippen LogP contribution in [0.1, 0.15) is 22.3 Å². The van der Waals surface area contributed by atoms with Gasteiger partial charge in [-0.2, -0.15) is 9.97 Å². The van der Waals surface area contributed by atoms with Crippen molar-refractivity contribution in [2.45, 2.75) is 13.0 Å².